The molecule has 0 aliphatic heterocycles. The van der Waals surface area contributed by atoms with Gasteiger partial charge in [0.15, 0.2) is 5.11 Å². The number of thiocarbonyl (C=S) groups is 1. The number of halogens is 1. The predicted molar refractivity (Wildman–Crippen MR) is 86.5 cm³/mol. The molecule has 1 aromatic rings. The fraction of sp³-hybridized carbons (Fsp3) is 0.429. The largest absolute Gasteiger partial charge is 0.506 e. The highest BCUT2D eigenvalue weighted by atomic mass is 35.5. The van der Waals surface area contributed by atoms with Crippen molar-refractivity contribution in [2.24, 2.45) is 10.8 Å². The Morgan fingerprint density at radius 1 is 1.40 bits per heavy atom. The molecule has 1 aromatic carbocycles. The molecule has 0 amide bonds. The molecule has 1 fully saturated rings. The maximum Gasteiger partial charge on any atom is 0.184 e. The Morgan fingerprint density at radius 3 is 2.75 bits per heavy atom. The summed E-state index contributed by atoms with van der Waals surface area (Å²) in [6.07, 6.45) is 7.61. The normalized spacial score (nSPS) is 16.4. The van der Waals surface area contributed by atoms with E-state index in [-0.39, 0.29) is 10.9 Å². The molecule has 4 N–H and O–H groups in total. The Kier molecular flexibility index (Phi) is 5.20. The summed E-state index contributed by atoms with van der Waals surface area (Å²) < 4.78 is 0. The third-order valence-corrected chi connectivity index (χ3v) is 3.95. The van der Waals surface area contributed by atoms with Crippen molar-refractivity contribution in [3.8, 4) is 5.75 Å². The predicted octanol–water partition coefficient (Wildman–Crippen LogP) is 3.26. The molecule has 20 heavy (non-hydrogen) atoms. The van der Waals surface area contributed by atoms with Crippen LogP contribution in [0.2, 0.25) is 5.02 Å². The first-order valence-electron chi connectivity index (χ1n) is 6.69. The van der Waals surface area contributed by atoms with Crippen molar-refractivity contribution in [2.75, 3.05) is 0 Å². The molecule has 0 heterocycles. The van der Waals surface area contributed by atoms with E-state index in [1.54, 1.807) is 0 Å². The van der Waals surface area contributed by atoms with E-state index < -0.39 is 0 Å². The number of aromatic hydroxyl groups is 1. The molecule has 0 atom stereocenters. The fourth-order valence-electron chi connectivity index (χ4n) is 2.58. The van der Waals surface area contributed by atoms with Gasteiger partial charge >= 0.3 is 0 Å². The summed E-state index contributed by atoms with van der Waals surface area (Å²) in [6.45, 7) is 0. The molecule has 0 unspecified atom stereocenters. The van der Waals surface area contributed by atoms with Crippen molar-refractivity contribution in [3.05, 3.63) is 28.3 Å². The molecule has 2 rings (SSSR count). The zero-order valence-electron chi connectivity index (χ0n) is 11.1. The van der Waals surface area contributed by atoms with Crippen LogP contribution >= 0.6 is 23.8 Å². The summed E-state index contributed by atoms with van der Waals surface area (Å²) in [5, 5.41) is 14.3. The van der Waals surface area contributed by atoms with Crippen LogP contribution in [-0.4, -0.2) is 16.4 Å². The standard InChI is InChI=1S/C14H18ClN3OS/c15-12-7-10(9-4-2-1-3-5-9)6-11(13(12)19)8-17-18-14(16)20/h6-9,19H,1-5H2,(H3,16,18,20)/b17-8+. The highest BCUT2D eigenvalue weighted by Gasteiger charge is 2.18. The number of benzene rings is 1. The summed E-state index contributed by atoms with van der Waals surface area (Å²) in [4.78, 5) is 0. The third-order valence-electron chi connectivity index (χ3n) is 3.57. The zero-order chi connectivity index (χ0) is 14.5. The van der Waals surface area contributed by atoms with E-state index in [1.165, 1.54) is 38.3 Å². The molecule has 0 spiro atoms. The van der Waals surface area contributed by atoms with E-state index in [0.717, 1.165) is 5.56 Å². The van der Waals surface area contributed by atoms with Gasteiger partial charge in [0.2, 0.25) is 0 Å². The first-order chi connectivity index (χ1) is 9.58. The summed E-state index contributed by atoms with van der Waals surface area (Å²) >= 11 is 10.8. The molecule has 0 saturated heterocycles. The van der Waals surface area contributed by atoms with E-state index in [0.29, 0.717) is 16.5 Å². The average Bonchev–Trinajstić information content (AvgIpc) is 2.44. The second-order valence-electron chi connectivity index (χ2n) is 5.01. The van der Waals surface area contributed by atoms with Gasteiger partial charge in [-0.25, -0.2) is 0 Å². The lowest BCUT2D eigenvalue weighted by molar-refractivity contribution is 0.441. The quantitative estimate of drug-likeness (QED) is 0.455. The average molecular weight is 312 g/mol. The summed E-state index contributed by atoms with van der Waals surface area (Å²) in [7, 11) is 0. The molecule has 0 radical (unpaired) electrons. The van der Waals surface area contributed by atoms with Gasteiger partial charge in [0.25, 0.3) is 0 Å². The van der Waals surface area contributed by atoms with Crippen LogP contribution < -0.4 is 11.2 Å². The van der Waals surface area contributed by atoms with Crippen molar-refractivity contribution >= 4 is 35.1 Å². The summed E-state index contributed by atoms with van der Waals surface area (Å²) in [6, 6.07) is 3.78. The van der Waals surface area contributed by atoms with Gasteiger partial charge in [-0.2, -0.15) is 5.10 Å². The fourth-order valence-corrected chi connectivity index (χ4v) is 2.87. The monoisotopic (exact) mass is 311 g/mol. The smallest absolute Gasteiger partial charge is 0.184 e. The Hall–Kier alpha value is -1.33. The van der Waals surface area contributed by atoms with Crippen LogP contribution in [0.5, 0.6) is 5.75 Å². The molecule has 0 bridgehead atoms. The van der Waals surface area contributed by atoms with Crippen LogP contribution in [0.3, 0.4) is 0 Å². The van der Waals surface area contributed by atoms with Crippen LogP contribution in [0.1, 0.15) is 49.1 Å². The Balaban J connectivity index is 2.24. The second-order valence-corrected chi connectivity index (χ2v) is 5.86. The second kappa shape index (κ2) is 6.90. The molecular formula is C14H18ClN3OS. The van der Waals surface area contributed by atoms with Crippen LogP contribution in [0.25, 0.3) is 0 Å². The maximum atomic E-state index is 9.97. The van der Waals surface area contributed by atoms with Crippen molar-refractivity contribution in [1.82, 2.24) is 5.43 Å². The summed E-state index contributed by atoms with van der Waals surface area (Å²) in [5.41, 5.74) is 9.48. The van der Waals surface area contributed by atoms with Crippen LogP contribution in [0.15, 0.2) is 17.2 Å². The zero-order valence-corrected chi connectivity index (χ0v) is 12.7. The molecule has 6 heteroatoms. The SMILES string of the molecule is NC(=S)N/N=C/c1cc(C2CCCCC2)cc(Cl)c1O. The Morgan fingerprint density at radius 2 is 2.10 bits per heavy atom. The lowest BCUT2D eigenvalue weighted by atomic mass is 9.83. The minimum absolute atomic E-state index is 0.0275. The molecule has 1 saturated carbocycles. The van der Waals surface area contributed by atoms with Gasteiger partial charge in [-0.3, -0.25) is 5.43 Å². The number of phenolic OH excluding ortho intramolecular Hbond substituents is 1. The molecule has 1 aliphatic rings. The van der Waals surface area contributed by atoms with E-state index in [2.05, 4.69) is 22.7 Å². The number of nitrogens with two attached hydrogens (primary N) is 1. The Bertz CT molecular complexity index is 527. The number of hydrogen-bond acceptors (Lipinski definition) is 3. The number of nitrogens with one attached hydrogen (secondary N) is 1. The van der Waals surface area contributed by atoms with Crippen LogP contribution in [0, 0.1) is 0 Å². The molecule has 4 nitrogen and oxygen atoms in total. The van der Waals surface area contributed by atoms with Crippen molar-refractivity contribution < 1.29 is 5.11 Å². The van der Waals surface area contributed by atoms with Crippen LogP contribution in [0.4, 0.5) is 0 Å². The highest BCUT2D eigenvalue weighted by Crippen LogP contribution is 2.37. The third kappa shape index (κ3) is 3.84. The van der Waals surface area contributed by atoms with Crippen molar-refractivity contribution in [2.45, 2.75) is 38.0 Å². The van der Waals surface area contributed by atoms with Gasteiger partial charge in [0.05, 0.1) is 11.2 Å². The van der Waals surface area contributed by atoms with E-state index in [1.807, 2.05) is 12.1 Å². The molecule has 0 aromatic heterocycles. The van der Waals surface area contributed by atoms with Crippen molar-refractivity contribution in [1.29, 1.82) is 0 Å². The van der Waals surface area contributed by atoms with Gasteiger partial charge in [0.1, 0.15) is 5.75 Å². The van der Waals surface area contributed by atoms with E-state index in [9.17, 15) is 5.11 Å². The lowest BCUT2D eigenvalue weighted by Crippen LogP contribution is -2.24. The summed E-state index contributed by atoms with van der Waals surface area (Å²) in [5.74, 6) is 0.539. The highest BCUT2D eigenvalue weighted by molar-refractivity contribution is 7.80. The number of rotatable bonds is 3. The van der Waals surface area contributed by atoms with Gasteiger partial charge in [-0.05, 0) is 48.7 Å². The maximum absolute atomic E-state index is 9.97. The van der Waals surface area contributed by atoms with E-state index in [4.69, 9.17) is 17.3 Å². The number of nitrogens with zero attached hydrogens (tertiary/aromatic N) is 1. The number of hydrazone groups is 1. The van der Waals surface area contributed by atoms with Gasteiger partial charge < -0.3 is 10.8 Å². The van der Waals surface area contributed by atoms with E-state index >= 15 is 0 Å². The van der Waals surface area contributed by atoms with Gasteiger partial charge in [-0.15, -0.1) is 0 Å². The van der Waals surface area contributed by atoms with Gasteiger partial charge in [0, 0.05) is 5.56 Å². The molecule has 1 aliphatic carbocycles. The van der Waals surface area contributed by atoms with Crippen LogP contribution in [-0.2, 0) is 0 Å². The first-order valence-corrected chi connectivity index (χ1v) is 7.47. The first kappa shape index (κ1) is 15.1. The number of hydrogen-bond donors (Lipinski definition) is 3. The minimum atomic E-state index is 0.0275. The topological polar surface area (TPSA) is 70.6 Å². The lowest BCUT2D eigenvalue weighted by Gasteiger charge is -2.22. The van der Waals surface area contributed by atoms with Gasteiger partial charge in [-0.1, -0.05) is 30.9 Å². The minimum Gasteiger partial charge on any atom is -0.506 e. The Labute approximate surface area is 129 Å². The number of phenols is 1. The molecule has 108 valence electrons. The van der Waals surface area contributed by atoms with Crippen molar-refractivity contribution in [3.63, 3.8) is 0 Å². The molecular weight excluding hydrogens is 294 g/mol.